The van der Waals surface area contributed by atoms with Crippen LogP contribution >= 0.6 is 31.9 Å². The van der Waals surface area contributed by atoms with Crippen molar-refractivity contribution in [2.75, 3.05) is 36.0 Å². The molecule has 2 heterocycles. The number of rotatable bonds is 6. The maximum absolute atomic E-state index is 4.03. The summed E-state index contributed by atoms with van der Waals surface area (Å²) in [6.45, 7) is 4.56. The Balaban J connectivity index is 1.71. The summed E-state index contributed by atoms with van der Waals surface area (Å²) in [6, 6.07) is 36.4. The van der Waals surface area contributed by atoms with Crippen LogP contribution in [-0.4, -0.2) is 34.3 Å². The minimum Gasteiger partial charge on any atom is -0.371 e. The lowest BCUT2D eigenvalue weighted by Gasteiger charge is -2.39. The van der Waals surface area contributed by atoms with Gasteiger partial charge in [-0.15, -0.1) is 0 Å². The minimum atomic E-state index is -2.67. The van der Waals surface area contributed by atoms with E-state index in [1.807, 2.05) is 0 Å². The fourth-order valence-corrected chi connectivity index (χ4v) is 12.6. The van der Waals surface area contributed by atoms with Crippen LogP contribution in [0, 0.1) is 0 Å². The van der Waals surface area contributed by atoms with Crippen LogP contribution in [0.25, 0.3) is 0 Å². The number of anilines is 2. The zero-order chi connectivity index (χ0) is 23.8. The van der Waals surface area contributed by atoms with Crippen LogP contribution in [0.2, 0.25) is 0 Å². The molecule has 0 atom stereocenters. The van der Waals surface area contributed by atoms with E-state index in [4.69, 9.17) is 0 Å². The first kappa shape index (κ1) is 23.1. The third kappa shape index (κ3) is 3.98. The van der Waals surface area contributed by atoms with E-state index in [0.717, 1.165) is 26.2 Å². The van der Waals surface area contributed by atoms with E-state index in [9.17, 15) is 0 Å². The molecule has 2 aliphatic rings. The molecule has 0 amide bonds. The summed E-state index contributed by atoms with van der Waals surface area (Å²) in [5, 5.41) is 5.60. The normalized spacial score (nSPS) is 15.5. The van der Waals surface area contributed by atoms with E-state index in [1.165, 1.54) is 53.9 Å². The zero-order valence-corrected chi connectivity index (χ0v) is 23.8. The van der Waals surface area contributed by atoms with Gasteiger partial charge in [0.1, 0.15) is 0 Å². The van der Waals surface area contributed by atoms with Gasteiger partial charge in [-0.05, 0) is 70.0 Å². The highest BCUT2D eigenvalue weighted by molar-refractivity contribution is 9.11. The van der Waals surface area contributed by atoms with Gasteiger partial charge in [0.25, 0.3) is 0 Å². The Hall–Kier alpha value is -2.34. The van der Waals surface area contributed by atoms with Gasteiger partial charge in [0.15, 0.2) is 8.07 Å². The second-order valence-corrected chi connectivity index (χ2v) is 14.9. The van der Waals surface area contributed by atoms with Crippen LogP contribution < -0.4 is 30.5 Å². The second kappa shape index (κ2) is 9.60. The minimum absolute atomic E-state index is 1.14. The Kier molecular flexibility index (Phi) is 6.33. The molecule has 176 valence electrons. The smallest absolute Gasteiger partial charge is 0.182 e. The molecular weight excluding hydrogens is 576 g/mol. The summed E-state index contributed by atoms with van der Waals surface area (Å²) in [5.41, 5.74) is 2.65. The summed E-state index contributed by atoms with van der Waals surface area (Å²) in [5.74, 6) is 0. The largest absolute Gasteiger partial charge is 0.371 e. The molecule has 0 radical (unpaired) electrons. The molecule has 2 nitrogen and oxygen atoms in total. The van der Waals surface area contributed by atoms with E-state index in [-0.39, 0.29) is 0 Å². The molecule has 0 aliphatic carbocycles. The average Bonchev–Trinajstić information content (AvgIpc) is 2.82. The van der Waals surface area contributed by atoms with Crippen molar-refractivity contribution in [3.05, 3.63) is 106 Å². The fourth-order valence-electron chi connectivity index (χ4n) is 5.45. The summed E-state index contributed by atoms with van der Waals surface area (Å²) < 4.78 is 2.37. The van der Waals surface area contributed by atoms with E-state index in [2.05, 4.69) is 139 Å². The highest BCUT2D eigenvalue weighted by Crippen LogP contribution is 2.28. The van der Waals surface area contributed by atoms with Crippen molar-refractivity contribution >= 4 is 72.1 Å². The van der Waals surface area contributed by atoms with Crippen LogP contribution in [0.3, 0.4) is 0 Å². The van der Waals surface area contributed by atoms with Gasteiger partial charge in [-0.25, -0.2) is 0 Å². The average molecular weight is 604 g/mol. The van der Waals surface area contributed by atoms with Crippen LogP contribution in [-0.2, 0) is 0 Å². The number of hydrogen-bond acceptors (Lipinski definition) is 2. The summed E-state index contributed by atoms with van der Waals surface area (Å²) in [6.07, 6.45) is 2.55. The van der Waals surface area contributed by atoms with Gasteiger partial charge in [-0.1, -0.05) is 92.5 Å². The molecule has 0 saturated carbocycles. The summed E-state index contributed by atoms with van der Waals surface area (Å²) in [7, 11) is -2.67. The lowest BCUT2D eigenvalue weighted by atomic mass is 10.2. The molecule has 4 aromatic carbocycles. The molecule has 2 fully saturated rings. The van der Waals surface area contributed by atoms with Gasteiger partial charge in [0.2, 0.25) is 0 Å². The third-order valence-electron chi connectivity index (χ3n) is 7.56. The lowest BCUT2D eigenvalue weighted by molar-refractivity contribution is 0.618. The van der Waals surface area contributed by atoms with Crippen molar-refractivity contribution < 1.29 is 0 Å². The number of halogens is 2. The Labute approximate surface area is 225 Å². The van der Waals surface area contributed by atoms with Crippen molar-refractivity contribution in [1.82, 2.24) is 0 Å². The molecule has 0 N–H and O–H groups in total. The van der Waals surface area contributed by atoms with Gasteiger partial charge >= 0.3 is 0 Å². The van der Waals surface area contributed by atoms with Gasteiger partial charge in [0.05, 0.1) is 0 Å². The molecule has 0 spiro atoms. The Morgan fingerprint density at radius 2 is 0.914 bits per heavy atom. The van der Waals surface area contributed by atoms with E-state index in [0.29, 0.717) is 0 Å². The van der Waals surface area contributed by atoms with Crippen molar-refractivity contribution in [3.63, 3.8) is 0 Å². The van der Waals surface area contributed by atoms with Gasteiger partial charge in [-0.3, -0.25) is 0 Å². The molecular formula is C30H28Br2N2Si. The van der Waals surface area contributed by atoms with E-state index in [1.54, 1.807) is 0 Å². The lowest BCUT2D eigenvalue weighted by Crippen LogP contribution is -2.75. The molecule has 6 rings (SSSR count). The predicted octanol–water partition coefficient (Wildman–Crippen LogP) is 5.01. The first-order valence-corrected chi connectivity index (χ1v) is 16.0. The number of hydrogen-bond donors (Lipinski definition) is 0. The van der Waals surface area contributed by atoms with Gasteiger partial charge < -0.3 is 9.80 Å². The highest BCUT2D eigenvalue weighted by atomic mass is 79.9. The predicted molar refractivity (Wildman–Crippen MR) is 159 cm³/mol. The molecule has 35 heavy (non-hydrogen) atoms. The second-order valence-electron chi connectivity index (χ2n) is 9.49. The summed E-state index contributed by atoms with van der Waals surface area (Å²) in [4.78, 5) is 4.99. The zero-order valence-electron chi connectivity index (χ0n) is 19.6. The van der Waals surface area contributed by atoms with Crippen LogP contribution in [0.15, 0.2) is 106 Å². The molecule has 4 aromatic rings. The maximum atomic E-state index is 4.03. The van der Waals surface area contributed by atoms with Crippen molar-refractivity contribution in [1.29, 1.82) is 0 Å². The molecule has 2 saturated heterocycles. The Morgan fingerprint density at radius 1 is 0.514 bits per heavy atom. The van der Waals surface area contributed by atoms with E-state index >= 15 is 0 Å². The van der Waals surface area contributed by atoms with Crippen molar-refractivity contribution in [2.24, 2.45) is 0 Å². The van der Waals surface area contributed by atoms with Gasteiger partial charge in [0, 0.05) is 46.5 Å². The van der Waals surface area contributed by atoms with Crippen LogP contribution in [0.1, 0.15) is 12.8 Å². The monoisotopic (exact) mass is 602 g/mol. The SMILES string of the molecule is Brc1ccc(N2CCC2)cc1[Si](c1ccccc1)(c1ccccc1)c1cc(N2CCC2)ccc1Br. The highest BCUT2D eigenvalue weighted by Gasteiger charge is 2.44. The molecule has 5 heteroatoms. The standard InChI is InChI=1S/C30H28Br2N2Si/c31-27-15-13-23(33-17-7-18-33)21-29(27)35(25-9-3-1-4-10-25,26-11-5-2-6-12-26)30-22-24(14-16-28(30)32)34-19-8-20-34/h1-6,9-16,21-22H,7-8,17-20H2. The fraction of sp³-hybridized carbons (Fsp3) is 0.200. The van der Waals surface area contributed by atoms with Crippen molar-refractivity contribution in [3.8, 4) is 0 Å². The quantitative estimate of drug-likeness (QED) is 0.226. The summed E-state index contributed by atoms with van der Waals surface area (Å²) >= 11 is 8.07. The molecule has 0 unspecified atom stereocenters. The van der Waals surface area contributed by atoms with Crippen molar-refractivity contribution in [2.45, 2.75) is 12.8 Å². The maximum Gasteiger partial charge on any atom is 0.182 e. The Morgan fingerprint density at radius 3 is 1.26 bits per heavy atom. The number of benzene rings is 4. The first-order valence-electron chi connectivity index (χ1n) is 12.4. The number of nitrogens with zero attached hydrogens (tertiary/aromatic N) is 2. The Bertz CT molecular complexity index is 1230. The molecule has 0 bridgehead atoms. The first-order chi connectivity index (χ1) is 17.2. The van der Waals surface area contributed by atoms with Crippen LogP contribution in [0.4, 0.5) is 11.4 Å². The van der Waals surface area contributed by atoms with E-state index < -0.39 is 8.07 Å². The molecule has 2 aliphatic heterocycles. The molecule has 0 aromatic heterocycles. The third-order valence-corrected chi connectivity index (χ3v) is 14.5. The topological polar surface area (TPSA) is 6.48 Å². The van der Waals surface area contributed by atoms with Gasteiger partial charge in [-0.2, -0.15) is 0 Å². The van der Waals surface area contributed by atoms with Crippen LogP contribution in [0.5, 0.6) is 0 Å².